The molecule has 0 radical (unpaired) electrons. The standard InChI is InChI=1S/C50H57N3O10S/c1-3-28-60-50-46(52(2)49(56)62-38-22-20-37(21-23-38)53(57)58)33-44(51-61-34-35-14-6-4-7-15-35)42-31-36(16-10-12-26-54)41(19-11-13-27-55)47(48(42)50)43-32-39(24-25-45(43)63-50)59-29-30-64-40-17-8-5-9-18-40/h3-9,14-15,17-18,20-25,31-32,36,41,46-48,54-55H,1,10-13,16,19,26-30,33-34H2,2H3. The number of allylic oxidation sites excluding steroid dienone is 1. The molecule has 338 valence electrons. The van der Waals surface area contributed by atoms with Gasteiger partial charge in [0, 0.05) is 60.9 Å². The third-order valence-electron chi connectivity index (χ3n) is 12.3. The molecule has 6 unspecified atom stereocenters. The molecule has 7 rings (SSSR count). The molecule has 4 aromatic rings. The van der Waals surface area contributed by atoms with Crippen molar-refractivity contribution in [2.45, 2.75) is 74.2 Å². The summed E-state index contributed by atoms with van der Waals surface area (Å²) in [5.74, 6) is 0.0133. The summed E-state index contributed by atoms with van der Waals surface area (Å²) < 4.78 is 26.5. The smallest absolute Gasteiger partial charge is 0.415 e. The zero-order valence-corrected chi connectivity index (χ0v) is 37.0. The summed E-state index contributed by atoms with van der Waals surface area (Å²) in [6, 6.07) is 30.4. The van der Waals surface area contributed by atoms with Crippen molar-refractivity contribution in [2.75, 3.05) is 39.2 Å². The van der Waals surface area contributed by atoms with E-state index in [1.165, 1.54) is 34.1 Å². The van der Waals surface area contributed by atoms with Crippen molar-refractivity contribution in [2.24, 2.45) is 22.9 Å². The minimum atomic E-state index is -1.49. The van der Waals surface area contributed by atoms with Crippen molar-refractivity contribution in [3.05, 3.63) is 149 Å². The van der Waals surface area contributed by atoms with Crippen LogP contribution >= 0.6 is 11.8 Å². The number of hydrogen-bond acceptors (Lipinski definition) is 12. The monoisotopic (exact) mass is 891 g/mol. The Kier molecular flexibility index (Phi) is 16.1. The van der Waals surface area contributed by atoms with Crippen molar-refractivity contribution in [1.29, 1.82) is 0 Å². The van der Waals surface area contributed by atoms with E-state index in [0.717, 1.165) is 48.1 Å². The van der Waals surface area contributed by atoms with Crippen LogP contribution in [0.2, 0.25) is 0 Å². The van der Waals surface area contributed by atoms with Gasteiger partial charge in [0.2, 0.25) is 5.79 Å². The molecule has 2 aliphatic carbocycles. The molecule has 1 aliphatic heterocycles. The van der Waals surface area contributed by atoms with Crippen LogP contribution in [0.4, 0.5) is 10.5 Å². The number of carbonyl (C=O) groups is 1. The molecule has 1 heterocycles. The number of fused-ring (bicyclic) bond motifs is 2. The molecule has 13 nitrogen and oxygen atoms in total. The highest BCUT2D eigenvalue weighted by Crippen LogP contribution is 2.62. The van der Waals surface area contributed by atoms with E-state index >= 15 is 0 Å². The number of unbranched alkanes of at least 4 members (excludes halogenated alkanes) is 2. The average Bonchev–Trinajstić information content (AvgIpc) is 3.31. The third kappa shape index (κ3) is 10.8. The lowest BCUT2D eigenvalue weighted by atomic mass is 9.55. The maximum Gasteiger partial charge on any atom is 0.415 e. The van der Waals surface area contributed by atoms with Crippen molar-refractivity contribution in [1.82, 2.24) is 4.90 Å². The number of aliphatic hydroxyl groups excluding tert-OH is 2. The summed E-state index contributed by atoms with van der Waals surface area (Å²) in [5, 5.41) is 36.1. The Morgan fingerprint density at radius 3 is 2.38 bits per heavy atom. The lowest BCUT2D eigenvalue weighted by Crippen LogP contribution is -2.69. The van der Waals surface area contributed by atoms with Gasteiger partial charge in [-0.1, -0.05) is 78.7 Å². The fraction of sp³-hybridized carbons (Fsp3) is 0.400. The van der Waals surface area contributed by atoms with Gasteiger partial charge in [0.15, 0.2) is 0 Å². The van der Waals surface area contributed by atoms with Crippen LogP contribution in [0.1, 0.15) is 62.0 Å². The third-order valence-corrected chi connectivity index (χ3v) is 13.2. The number of non-ortho nitro benzene ring substituents is 1. The van der Waals surface area contributed by atoms with Crippen LogP contribution in [-0.4, -0.2) is 82.9 Å². The number of carbonyl (C=O) groups excluding carboxylic acids is 1. The number of amides is 1. The highest BCUT2D eigenvalue weighted by atomic mass is 32.2. The summed E-state index contributed by atoms with van der Waals surface area (Å²) in [5.41, 5.74) is 3.30. The fourth-order valence-electron chi connectivity index (χ4n) is 9.35. The van der Waals surface area contributed by atoms with Crippen LogP contribution in [0.15, 0.2) is 137 Å². The first-order valence-corrected chi connectivity index (χ1v) is 23.0. The van der Waals surface area contributed by atoms with Crippen LogP contribution in [0.25, 0.3) is 0 Å². The zero-order valence-electron chi connectivity index (χ0n) is 36.2. The zero-order chi connectivity index (χ0) is 44.9. The number of thioether (sulfide) groups is 1. The Morgan fingerprint density at radius 2 is 1.67 bits per heavy atom. The van der Waals surface area contributed by atoms with Gasteiger partial charge in [-0.2, -0.15) is 0 Å². The van der Waals surface area contributed by atoms with Crippen molar-refractivity contribution >= 4 is 29.3 Å². The maximum absolute atomic E-state index is 14.3. The minimum absolute atomic E-state index is 0.0276. The summed E-state index contributed by atoms with van der Waals surface area (Å²) in [7, 11) is 1.63. The van der Waals surface area contributed by atoms with Crippen LogP contribution in [-0.2, 0) is 16.2 Å². The summed E-state index contributed by atoms with van der Waals surface area (Å²) in [6.45, 7) is 4.95. The number of aliphatic hydroxyl groups is 2. The second-order valence-corrected chi connectivity index (χ2v) is 17.4. The average molecular weight is 892 g/mol. The van der Waals surface area contributed by atoms with Gasteiger partial charge in [0.05, 0.1) is 29.8 Å². The molecular weight excluding hydrogens is 835 g/mol. The topological polar surface area (TPSA) is 162 Å². The van der Waals surface area contributed by atoms with Crippen LogP contribution < -0.4 is 14.2 Å². The molecule has 0 saturated heterocycles. The van der Waals surface area contributed by atoms with Gasteiger partial charge >= 0.3 is 6.09 Å². The number of likely N-dealkylation sites (N-methyl/N-ethyl adjacent to an activating group) is 1. The van der Waals surface area contributed by atoms with Gasteiger partial charge in [-0.3, -0.25) is 10.1 Å². The first kappa shape index (κ1) is 46.3. The second-order valence-electron chi connectivity index (χ2n) is 16.3. The van der Waals surface area contributed by atoms with Gasteiger partial charge in [-0.05, 0) is 91.1 Å². The van der Waals surface area contributed by atoms with Gasteiger partial charge in [0.1, 0.15) is 29.9 Å². The molecule has 14 heteroatoms. The van der Waals surface area contributed by atoms with E-state index in [2.05, 4.69) is 30.9 Å². The summed E-state index contributed by atoms with van der Waals surface area (Å²) in [6.07, 6.45) is 7.87. The van der Waals surface area contributed by atoms with Gasteiger partial charge in [-0.15, -0.1) is 18.3 Å². The van der Waals surface area contributed by atoms with Gasteiger partial charge in [-0.25, -0.2) is 4.79 Å². The van der Waals surface area contributed by atoms with E-state index < -0.39 is 28.8 Å². The number of benzene rings is 4. The Labute approximate surface area is 378 Å². The van der Waals surface area contributed by atoms with E-state index in [1.54, 1.807) is 24.9 Å². The van der Waals surface area contributed by atoms with Crippen molar-refractivity contribution in [3.8, 4) is 17.2 Å². The van der Waals surface area contributed by atoms with E-state index in [0.29, 0.717) is 36.7 Å². The first-order chi connectivity index (χ1) is 31.3. The van der Waals surface area contributed by atoms with Gasteiger partial charge in [0.25, 0.3) is 5.69 Å². The molecule has 0 spiro atoms. The number of oxime groups is 1. The minimum Gasteiger partial charge on any atom is -0.493 e. The van der Waals surface area contributed by atoms with E-state index in [-0.39, 0.29) is 62.0 Å². The predicted molar refractivity (Wildman–Crippen MR) is 246 cm³/mol. The van der Waals surface area contributed by atoms with Crippen LogP contribution in [0, 0.1) is 27.9 Å². The highest BCUT2D eigenvalue weighted by Gasteiger charge is 2.65. The fourth-order valence-corrected chi connectivity index (χ4v) is 10.1. The summed E-state index contributed by atoms with van der Waals surface area (Å²) in [4.78, 5) is 33.9. The SMILES string of the molecule is C=CCOC12Oc3ccc(OCCSc4ccccc4)cc3C3C(CCCCO)C(CCCCO)C=C(C(=NOCc4ccccc4)CC1N(C)C(=O)Oc1ccc([N+](=O)[O-])cc1)C32. The number of ether oxygens (including phenoxy) is 4. The Morgan fingerprint density at radius 1 is 0.969 bits per heavy atom. The Balaban J connectivity index is 1.34. The number of nitro groups is 1. The molecule has 1 fully saturated rings. The lowest BCUT2D eigenvalue weighted by molar-refractivity contribution is -0.384. The molecule has 6 atom stereocenters. The van der Waals surface area contributed by atoms with Crippen molar-refractivity contribution in [3.63, 3.8) is 0 Å². The van der Waals surface area contributed by atoms with Crippen molar-refractivity contribution < 1.29 is 43.7 Å². The van der Waals surface area contributed by atoms with E-state index in [9.17, 15) is 25.1 Å². The second kappa shape index (κ2) is 22.3. The van der Waals surface area contributed by atoms with E-state index in [1.807, 2.05) is 60.7 Å². The molecule has 3 aliphatic rings. The molecule has 0 aromatic heterocycles. The largest absolute Gasteiger partial charge is 0.493 e. The number of nitro benzene ring substituents is 1. The molecule has 2 N–H and O–H groups in total. The number of hydrogen-bond donors (Lipinski definition) is 2. The normalized spacial score (nSPS) is 22.6. The Bertz CT molecular complexity index is 2240. The van der Waals surface area contributed by atoms with Crippen LogP contribution in [0.3, 0.4) is 0 Å². The number of nitrogens with zero attached hydrogens (tertiary/aromatic N) is 3. The molecule has 4 aromatic carbocycles. The highest BCUT2D eigenvalue weighted by molar-refractivity contribution is 7.99. The Hall–Kier alpha value is -5.67. The number of rotatable bonds is 22. The summed E-state index contributed by atoms with van der Waals surface area (Å²) >= 11 is 1.72. The molecule has 1 amide bonds. The lowest BCUT2D eigenvalue weighted by Gasteiger charge is -2.59. The molecule has 1 saturated carbocycles. The maximum atomic E-state index is 14.3. The molecule has 0 bridgehead atoms. The van der Waals surface area contributed by atoms with Gasteiger partial charge < -0.3 is 38.9 Å². The van der Waals surface area contributed by atoms with E-state index in [4.69, 9.17) is 28.9 Å². The van der Waals surface area contributed by atoms with Crippen LogP contribution in [0.5, 0.6) is 17.2 Å². The predicted octanol–water partition coefficient (Wildman–Crippen LogP) is 9.73. The molecular formula is C50H57N3O10S. The molecule has 64 heavy (non-hydrogen) atoms. The first-order valence-electron chi connectivity index (χ1n) is 22.0. The quantitative estimate of drug-likeness (QED) is 0.0254.